The summed E-state index contributed by atoms with van der Waals surface area (Å²) in [4.78, 5) is 16.5. The van der Waals surface area contributed by atoms with Crippen LogP contribution in [0.3, 0.4) is 0 Å². The molecule has 1 amide bonds. The van der Waals surface area contributed by atoms with Gasteiger partial charge in [-0.3, -0.25) is 10.1 Å². The lowest BCUT2D eigenvalue weighted by Crippen LogP contribution is -2.20. The highest BCUT2D eigenvalue weighted by molar-refractivity contribution is 7.14. The fourth-order valence-electron chi connectivity index (χ4n) is 2.94. The van der Waals surface area contributed by atoms with E-state index in [9.17, 15) is 26.7 Å². The number of benzene rings is 2. The van der Waals surface area contributed by atoms with Crippen molar-refractivity contribution >= 4 is 34.0 Å². The molecule has 2 heterocycles. The molecule has 0 aliphatic heterocycles. The summed E-state index contributed by atoms with van der Waals surface area (Å²) in [5.74, 6) is -2.87. The SMILES string of the molecule is O=C(Nc1nc(-c2c(F)cccc2F)cs1)c1cnn(-c2cccc(Cl)c2)c1C(F)(F)F. The third-order valence-corrected chi connectivity index (χ3v) is 5.27. The summed E-state index contributed by atoms with van der Waals surface area (Å²) in [5, 5.41) is 7.23. The molecule has 4 aromatic rings. The number of hydrogen-bond acceptors (Lipinski definition) is 4. The Morgan fingerprint density at radius 3 is 2.44 bits per heavy atom. The number of aromatic nitrogens is 3. The molecule has 12 heteroatoms. The highest BCUT2D eigenvalue weighted by Crippen LogP contribution is 2.35. The largest absolute Gasteiger partial charge is 0.434 e. The Labute approximate surface area is 186 Å². The highest BCUT2D eigenvalue weighted by atomic mass is 35.5. The van der Waals surface area contributed by atoms with Gasteiger partial charge >= 0.3 is 6.18 Å². The van der Waals surface area contributed by atoms with Crippen molar-refractivity contribution in [2.75, 3.05) is 5.32 Å². The van der Waals surface area contributed by atoms with Crippen LogP contribution >= 0.6 is 22.9 Å². The summed E-state index contributed by atoms with van der Waals surface area (Å²) < 4.78 is 69.8. The molecule has 2 aromatic heterocycles. The lowest BCUT2D eigenvalue weighted by molar-refractivity contribution is -0.143. The van der Waals surface area contributed by atoms with Crippen molar-refractivity contribution in [1.82, 2.24) is 14.8 Å². The summed E-state index contributed by atoms with van der Waals surface area (Å²) >= 11 is 6.65. The number of nitrogens with zero attached hydrogens (tertiary/aromatic N) is 3. The van der Waals surface area contributed by atoms with E-state index < -0.39 is 40.5 Å². The molecule has 1 N–H and O–H groups in total. The smallest absolute Gasteiger partial charge is 0.298 e. The van der Waals surface area contributed by atoms with Crippen LogP contribution < -0.4 is 5.32 Å². The first-order valence-corrected chi connectivity index (χ1v) is 10.0. The minimum Gasteiger partial charge on any atom is -0.298 e. The van der Waals surface area contributed by atoms with Gasteiger partial charge in [0.15, 0.2) is 10.8 Å². The van der Waals surface area contributed by atoms with Crippen LogP contribution in [0.25, 0.3) is 16.9 Å². The van der Waals surface area contributed by atoms with Crippen LogP contribution in [0.4, 0.5) is 27.1 Å². The number of alkyl halides is 3. The molecule has 0 aliphatic carbocycles. The average Bonchev–Trinajstić information content (AvgIpc) is 3.35. The molecule has 0 atom stereocenters. The quantitative estimate of drug-likeness (QED) is 0.351. The second-order valence-corrected chi connectivity index (χ2v) is 7.68. The zero-order valence-corrected chi connectivity index (χ0v) is 17.2. The molecule has 164 valence electrons. The second kappa shape index (κ2) is 8.32. The third-order valence-electron chi connectivity index (χ3n) is 4.28. The number of hydrogen-bond donors (Lipinski definition) is 1. The summed E-state index contributed by atoms with van der Waals surface area (Å²) in [5.41, 5.74) is -2.57. The van der Waals surface area contributed by atoms with Crippen molar-refractivity contribution in [2.45, 2.75) is 6.18 Å². The van der Waals surface area contributed by atoms with E-state index in [-0.39, 0.29) is 21.5 Å². The van der Waals surface area contributed by atoms with Gasteiger partial charge in [-0.05, 0) is 30.3 Å². The number of carbonyl (C=O) groups is 1. The van der Waals surface area contributed by atoms with Crippen molar-refractivity contribution in [3.05, 3.63) is 82.0 Å². The van der Waals surface area contributed by atoms with E-state index in [4.69, 9.17) is 11.6 Å². The minimum absolute atomic E-state index is 0.00966. The van der Waals surface area contributed by atoms with E-state index in [0.717, 1.165) is 29.7 Å². The molecular formula is C20H10ClF5N4OS. The van der Waals surface area contributed by atoms with Crippen LogP contribution in [0.1, 0.15) is 16.1 Å². The first-order chi connectivity index (χ1) is 15.1. The molecule has 2 aromatic carbocycles. The van der Waals surface area contributed by atoms with Crippen molar-refractivity contribution in [2.24, 2.45) is 0 Å². The number of amides is 1. The van der Waals surface area contributed by atoms with Gasteiger partial charge in [0.2, 0.25) is 0 Å². The first-order valence-electron chi connectivity index (χ1n) is 8.77. The summed E-state index contributed by atoms with van der Waals surface area (Å²) in [6, 6.07) is 8.80. The summed E-state index contributed by atoms with van der Waals surface area (Å²) in [6.45, 7) is 0. The number of thiazole rings is 1. The van der Waals surface area contributed by atoms with Gasteiger partial charge in [-0.2, -0.15) is 18.3 Å². The van der Waals surface area contributed by atoms with Gasteiger partial charge in [-0.1, -0.05) is 23.7 Å². The Kier molecular flexibility index (Phi) is 5.70. The lowest BCUT2D eigenvalue weighted by Gasteiger charge is -2.12. The molecule has 0 saturated carbocycles. The molecule has 0 bridgehead atoms. The minimum atomic E-state index is -4.92. The molecular weight excluding hydrogens is 475 g/mol. The Morgan fingerprint density at radius 2 is 1.78 bits per heavy atom. The van der Waals surface area contributed by atoms with E-state index in [0.29, 0.717) is 4.68 Å². The maximum atomic E-state index is 13.9. The zero-order valence-electron chi connectivity index (χ0n) is 15.6. The van der Waals surface area contributed by atoms with Crippen molar-refractivity contribution < 1.29 is 26.7 Å². The van der Waals surface area contributed by atoms with Crippen molar-refractivity contribution in [3.63, 3.8) is 0 Å². The van der Waals surface area contributed by atoms with E-state index in [1.54, 1.807) is 0 Å². The number of carbonyl (C=O) groups excluding carboxylic acids is 1. The summed E-state index contributed by atoms with van der Waals surface area (Å²) in [6.07, 6.45) is -4.15. The monoisotopic (exact) mass is 484 g/mol. The molecule has 4 rings (SSSR count). The van der Waals surface area contributed by atoms with Crippen molar-refractivity contribution in [1.29, 1.82) is 0 Å². The molecule has 32 heavy (non-hydrogen) atoms. The molecule has 0 radical (unpaired) electrons. The predicted molar refractivity (Wildman–Crippen MR) is 109 cm³/mol. The number of anilines is 1. The van der Waals surface area contributed by atoms with Crippen LogP contribution in [0, 0.1) is 11.6 Å². The van der Waals surface area contributed by atoms with Gasteiger partial charge in [-0.15, -0.1) is 11.3 Å². The number of halogens is 6. The van der Waals surface area contributed by atoms with Crippen LogP contribution in [0.2, 0.25) is 5.02 Å². The van der Waals surface area contributed by atoms with E-state index in [1.807, 2.05) is 0 Å². The van der Waals surface area contributed by atoms with Crippen LogP contribution in [-0.2, 0) is 6.18 Å². The standard InChI is InChI=1S/C20H10ClF5N4OS/c21-10-3-1-4-11(7-10)30-17(20(24,25)26)12(8-27-30)18(31)29-19-28-15(9-32-19)16-13(22)5-2-6-14(16)23/h1-9H,(H,28,29,31). The zero-order chi connectivity index (χ0) is 23.0. The molecule has 0 fully saturated rings. The first kappa shape index (κ1) is 21.9. The van der Waals surface area contributed by atoms with Crippen LogP contribution in [-0.4, -0.2) is 20.7 Å². The van der Waals surface area contributed by atoms with E-state index in [2.05, 4.69) is 15.4 Å². The Morgan fingerprint density at radius 1 is 1.09 bits per heavy atom. The molecule has 5 nitrogen and oxygen atoms in total. The van der Waals surface area contributed by atoms with Gasteiger partial charge < -0.3 is 0 Å². The van der Waals surface area contributed by atoms with Gasteiger partial charge in [0.1, 0.15) is 11.6 Å². The topological polar surface area (TPSA) is 59.8 Å². The molecule has 0 saturated heterocycles. The van der Waals surface area contributed by atoms with Gasteiger partial charge in [0.05, 0.1) is 28.7 Å². The van der Waals surface area contributed by atoms with Crippen LogP contribution in [0.15, 0.2) is 54.0 Å². The lowest BCUT2D eigenvalue weighted by atomic mass is 10.1. The van der Waals surface area contributed by atoms with Gasteiger partial charge in [0.25, 0.3) is 5.91 Å². The number of nitrogens with one attached hydrogen (secondary N) is 1. The van der Waals surface area contributed by atoms with Gasteiger partial charge in [-0.25, -0.2) is 18.4 Å². The normalized spacial score (nSPS) is 11.6. The van der Waals surface area contributed by atoms with Crippen LogP contribution in [0.5, 0.6) is 0 Å². The number of rotatable bonds is 4. The fraction of sp³-hybridized carbons (Fsp3) is 0.0500. The second-order valence-electron chi connectivity index (χ2n) is 6.38. The molecule has 0 spiro atoms. The Balaban J connectivity index is 1.67. The van der Waals surface area contributed by atoms with E-state index >= 15 is 0 Å². The van der Waals surface area contributed by atoms with Gasteiger partial charge in [0, 0.05) is 10.4 Å². The Bertz CT molecular complexity index is 1300. The maximum absolute atomic E-state index is 13.9. The Hall–Kier alpha value is -3.31. The fourth-order valence-corrected chi connectivity index (χ4v) is 3.82. The molecule has 0 aliphatic rings. The maximum Gasteiger partial charge on any atom is 0.434 e. The summed E-state index contributed by atoms with van der Waals surface area (Å²) in [7, 11) is 0. The average molecular weight is 485 g/mol. The highest BCUT2D eigenvalue weighted by Gasteiger charge is 2.40. The third kappa shape index (κ3) is 4.21. The predicted octanol–water partition coefficient (Wildman–Crippen LogP) is 6.20. The molecule has 0 unspecified atom stereocenters. The van der Waals surface area contributed by atoms with Crippen molar-refractivity contribution in [3.8, 4) is 16.9 Å². The van der Waals surface area contributed by atoms with E-state index in [1.165, 1.54) is 35.7 Å².